The highest BCUT2D eigenvalue weighted by molar-refractivity contribution is 5.98. The van der Waals surface area contributed by atoms with Gasteiger partial charge in [0.2, 0.25) is 0 Å². The zero-order valence-electron chi connectivity index (χ0n) is 16.2. The van der Waals surface area contributed by atoms with Gasteiger partial charge in [0, 0.05) is 6.20 Å². The maximum absolute atomic E-state index is 12.9. The zero-order chi connectivity index (χ0) is 21.4. The number of halogens is 3. The molecule has 2 heterocycles. The first-order chi connectivity index (χ1) is 13.5. The number of primary amides is 1. The summed E-state index contributed by atoms with van der Waals surface area (Å²) in [6.45, 7) is 2.78. The highest BCUT2D eigenvalue weighted by Gasteiger charge is 2.52. The fourth-order valence-corrected chi connectivity index (χ4v) is 3.56. The highest BCUT2D eigenvalue weighted by atomic mass is 19.4. The lowest BCUT2D eigenvalue weighted by atomic mass is 9.86. The van der Waals surface area contributed by atoms with Crippen LogP contribution in [0.5, 0.6) is 0 Å². The molecule has 2 aromatic heterocycles. The molecular weight excluding hydrogens is 387 g/mol. The van der Waals surface area contributed by atoms with Crippen molar-refractivity contribution in [2.75, 3.05) is 5.32 Å². The lowest BCUT2D eigenvalue weighted by Gasteiger charge is -2.28. The number of anilines is 2. The number of hydrogen-bond donors (Lipinski definition) is 3. The van der Waals surface area contributed by atoms with Gasteiger partial charge in [-0.05, 0) is 37.8 Å². The Morgan fingerprint density at radius 3 is 2.55 bits per heavy atom. The quantitative estimate of drug-likeness (QED) is 0.697. The van der Waals surface area contributed by atoms with Gasteiger partial charge in [-0.2, -0.15) is 18.3 Å². The molecule has 0 bridgehead atoms. The molecule has 0 unspecified atom stereocenters. The standard InChI is InChI=1S/C19H24F3N5O2/c1-11-5-3-4-6-14(11)27-10-13(16(23)28)17(26-27)25-12-7-8-15(24-9-12)18(2,29)19(20,21)22/h7-11,14,29H,3-6H2,1-2H3,(H2,23,28)(H,25,26)/t11-,14-,18+/m0/s1. The van der Waals surface area contributed by atoms with E-state index in [0.717, 1.165) is 37.9 Å². The van der Waals surface area contributed by atoms with Crippen LogP contribution >= 0.6 is 0 Å². The third kappa shape index (κ3) is 4.21. The molecule has 3 atom stereocenters. The maximum atomic E-state index is 12.9. The molecule has 7 nitrogen and oxygen atoms in total. The first-order valence-electron chi connectivity index (χ1n) is 9.42. The third-order valence-electron chi connectivity index (χ3n) is 5.48. The van der Waals surface area contributed by atoms with E-state index in [0.29, 0.717) is 18.5 Å². The molecule has 0 spiro atoms. The van der Waals surface area contributed by atoms with Crippen LogP contribution in [0.1, 0.15) is 61.6 Å². The molecule has 0 aliphatic heterocycles. The van der Waals surface area contributed by atoms with Crippen LogP contribution in [0.2, 0.25) is 0 Å². The van der Waals surface area contributed by atoms with Crippen molar-refractivity contribution in [1.82, 2.24) is 14.8 Å². The Kier molecular flexibility index (Phi) is 5.57. The molecule has 3 rings (SSSR count). The molecule has 158 valence electrons. The summed E-state index contributed by atoms with van der Waals surface area (Å²) in [7, 11) is 0. The number of alkyl halides is 3. The smallest absolute Gasteiger partial charge is 0.375 e. The van der Waals surface area contributed by atoms with Crippen LogP contribution in [0.4, 0.5) is 24.7 Å². The van der Waals surface area contributed by atoms with Crippen molar-refractivity contribution in [3.05, 3.63) is 35.8 Å². The lowest BCUT2D eigenvalue weighted by Crippen LogP contribution is -2.39. The number of hydrogen-bond acceptors (Lipinski definition) is 5. The second-order valence-electron chi connectivity index (χ2n) is 7.69. The number of aliphatic hydroxyl groups is 1. The zero-order valence-corrected chi connectivity index (χ0v) is 16.2. The van der Waals surface area contributed by atoms with E-state index in [1.54, 1.807) is 10.9 Å². The Morgan fingerprint density at radius 2 is 2.00 bits per heavy atom. The van der Waals surface area contributed by atoms with Gasteiger partial charge in [-0.1, -0.05) is 19.8 Å². The van der Waals surface area contributed by atoms with E-state index in [4.69, 9.17) is 5.73 Å². The van der Waals surface area contributed by atoms with E-state index in [1.807, 2.05) is 0 Å². The van der Waals surface area contributed by atoms with Crippen molar-refractivity contribution in [1.29, 1.82) is 0 Å². The Balaban J connectivity index is 1.85. The second kappa shape index (κ2) is 7.66. The Hall–Kier alpha value is -2.62. The maximum Gasteiger partial charge on any atom is 0.422 e. The monoisotopic (exact) mass is 411 g/mol. The Morgan fingerprint density at radius 1 is 1.31 bits per heavy atom. The number of aromatic nitrogens is 3. The van der Waals surface area contributed by atoms with Gasteiger partial charge in [0.15, 0.2) is 11.4 Å². The summed E-state index contributed by atoms with van der Waals surface area (Å²) in [6.07, 6.45) is 2.15. The molecule has 0 aromatic carbocycles. The highest BCUT2D eigenvalue weighted by Crippen LogP contribution is 2.38. The number of pyridine rings is 1. The third-order valence-corrected chi connectivity index (χ3v) is 5.48. The largest absolute Gasteiger partial charge is 0.422 e. The average molecular weight is 411 g/mol. The topological polar surface area (TPSA) is 106 Å². The molecule has 29 heavy (non-hydrogen) atoms. The Bertz CT molecular complexity index is 877. The summed E-state index contributed by atoms with van der Waals surface area (Å²) in [6, 6.07) is 2.55. The average Bonchev–Trinajstić information content (AvgIpc) is 3.05. The van der Waals surface area contributed by atoms with Crippen LogP contribution in [-0.2, 0) is 5.60 Å². The first kappa shape index (κ1) is 21.1. The number of carbonyl (C=O) groups excluding carboxylic acids is 1. The number of nitrogens with zero attached hydrogens (tertiary/aromatic N) is 3. The SMILES string of the molecule is C[C@H]1CCCC[C@@H]1n1cc(C(N)=O)c(Nc2ccc([C@@](C)(O)C(F)(F)F)nc2)n1. The van der Waals surface area contributed by atoms with E-state index in [9.17, 15) is 23.1 Å². The number of nitrogens with two attached hydrogens (primary N) is 1. The predicted molar refractivity (Wildman–Crippen MR) is 101 cm³/mol. The molecule has 1 saturated carbocycles. The molecule has 1 amide bonds. The van der Waals surface area contributed by atoms with E-state index in [1.165, 1.54) is 6.07 Å². The van der Waals surface area contributed by atoms with Crippen molar-refractivity contribution in [2.45, 2.75) is 57.3 Å². The Labute approximate surface area is 166 Å². The minimum Gasteiger partial charge on any atom is -0.375 e. The second-order valence-corrected chi connectivity index (χ2v) is 7.69. The van der Waals surface area contributed by atoms with Crippen LogP contribution in [0.3, 0.4) is 0 Å². The fourth-order valence-electron chi connectivity index (χ4n) is 3.56. The van der Waals surface area contributed by atoms with Crippen LogP contribution in [0.25, 0.3) is 0 Å². The summed E-state index contributed by atoms with van der Waals surface area (Å²) in [5, 5.41) is 17.1. The fraction of sp³-hybridized carbons (Fsp3) is 0.526. The summed E-state index contributed by atoms with van der Waals surface area (Å²) >= 11 is 0. The summed E-state index contributed by atoms with van der Waals surface area (Å²) in [4.78, 5) is 15.6. The van der Waals surface area contributed by atoms with Gasteiger partial charge in [0.25, 0.3) is 5.91 Å². The molecule has 4 N–H and O–H groups in total. The van der Waals surface area contributed by atoms with E-state index in [2.05, 4.69) is 22.3 Å². The van der Waals surface area contributed by atoms with Crippen LogP contribution in [0.15, 0.2) is 24.5 Å². The van der Waals surface area contributed by atoms with Gasteiger partial charge in [-0.25, -0.2) is 0 Å². The van der Waals surface area contributed by atoms with E-state index >= 15 is 0 Å². The minimum absolute atomic E-state index is 0.153. The minimum atomic E-state index is -4.86. The van der Waals surface area contributed by atoms with Crippen molar-refractivity contribution in [2.24, 2.45) is 11.7 Å². The van der Waals surface area contributed by atoms with Crippen LogP contribution in [0, 0.1) is 5.92 Å². The molecule has 0 radical (unpaired) electrons. The molecule has 1 aliphatic carbocycles. The molecule has 2 aromatic rings. The van der Waals surface area contributed by atoms with Crippen molar-refractivity contribution in [3.8, 4) is 0 Å². The van der Waals surface area contributed by atoms with E-state index in [-0.39, 0.29) is 17.4 Å². The molecule has 1 aliphatic rings. The van der Waals surface area contributed by atoms with Gasteiger partial charge >= 0.3 is 6.18 Å². The van der Waals surface area contributed by atoms with Gasteiger partial charge in [-0.15, -0.1) is 0 Å². The summed E-state index contributed by atoms with van der Waals surface area (Å²) < 4.78 is 40.6. The number of amides is 1. The summed E-state index contributed by atoms with van der Waals surface area (Å²) in [5.74, 6) is -0.0398. The molecular formula is C19H24F3N5O2. The van der Waals surface area contributed by atoms with Crippen LogP contribution < -0.4 is 11.1 Å². The molecule has 0 saturated heterocycles. The normalized spacial score (nSPS) is 22.1. The molecule has 10 heteroatoms. The van der Waals surface area contributed by atoms with Gasteiger partial charge in [0.05, 0.1) is 23.6 Å². The summed E-state index contributed by atoms with van der Waals surface area (Å²) in [5.41, 5.74) is 2.37. The van der Waals surface area contributed by atoms with Crippen molar-refractivity contribution >= 4 is 17.4 Å². The predicted octanol–water partition coefficient (Wildman–Crippen LogP) is 3.64. The van der Waals surface area contributed by atoms with Crippen molar-refractivity contribution < 1.29 is 23.1 Å². The first-order valence-corrected chi connectivity index (χ1v) is 9.42. The van der Waals surface area contributed by atoms with Gasteiger partial charge in [0.1, 0.15) is 5.56 Å². The van der Waals surface area contributed by atoms with Crippen molar-refractivity contribution in [3.63, 3.8) is 0 Å². The number of rotatable bonds is 5. The molecule has 1 fully saturated rings. The van der Waals surface area contributed by atoms with E-state index < -0.39 is 23.4 Å². The lowest BCUT2D eigenvalue weighted by molar-refractivity contribution is -0.260. The van der Waals surface area contributed by atoms with Gasteiger partial charge < -0.3 is 16.2 Å². The van der Waals surface area contributed by atoms with Gasteiger partial charge in [-0.3, -0.25) is 14.5 Å². The number of nitrogens with one attached hydrogen (secondary N) is 1. The van der Waals surface area contributed by atoms with Crippen LogP contribution in [-0.4, -0.2) is 32.0 Å². The number of carbonyl (C=O) groups is 1.